The van der Waals surface area contributed by atoms with Crippen molar-refractivity contribution in [3.05, 3.63) is 78.4 Å². The van der Waals surface area contributed by atoms with Crippen LogP contribution < -0.4 is 19.7 Å². The van der Waals surface area contributed by atoms with Crippen LogP contribution in [-0.4, -0.2) is 25.2 Å². The zero-order valence-electron chi connectivity index (χ0n) is 16.6. The fraction of sp³-hybridized carbons (Fsp3) is 0.167. The maximum Gasteiger partial charge on any atom is 0.244 e. The Morgan fingerprint density at radius 3 is 2.65 bits per heavy atom. The Balaban J connectivity index is 1.37. The summed E-state index contributed by atoms with van der Waals surface area (Å²) in [4.78, 5) is 28.6. The second-order valence-corrected chi connectivity index (χ2v) is 8.53. The molecule has 0 bridgehead atoms. The highest BCUT2D eigenvalue weighted by molar-refractivity contribution is 7.99. The number of carbonyl (C=O) groups excluding carboxylic acids is 2. The van der Waals surface area contributed by atoms with E-state index in [0.29, 0.717) is 23.6 Å². The predicted molar refractivity (Wildman–Crippen MR) is 120 cm³/mol. The number of rotatable bonds is 4. The molecule has 0 saturated carbocycles. The largest absolute Gasteiger partial charge is 0.454 e. The molecule has 2 aliphatic rings. The monoisotopic (exact) mass is 432 g/mol. The van der Waals surface area contributed by atoms with E-state index in [4.69, 9.17) is 9.47 Å². The van der Waals surface area contributed by atoms with Crippen molar-refractivity contribution >= 4 is 35.0 Å². The van der Waals surface area contributed by atoms with Crippen LogP contribution in [0.5, 0.6) is 11.5 Å². The molecule has 5 rings (SSSR count). The topological polar surface area (TPSA) is 67.9 Å². The minimum atomic E-state index is -0.273. The van der Waals surface area contributed by atoms with Gasteiger partial charge < -0.3 is 19.7 Å². The SMILES string of the molecule is O=C(CN1C(=O)C[C@H](c2ccccc2)Sc2ccccc21)Nc1ccc2c(c1)OCO2. The zero-order chi connectivity index (χ0) is 21.2. The molecular weight excluding hydrogens is 412 g/mol. The number of thioether (sulfide) groups is 1. The van der Waals surface area contributed by atoms with Gasteiger partial charge in [-0.05, 0) is 29.8 Å². The third kappa shape index (κ3) is 4.09. The highest BCUT2D eigenvalue weighted by atomic mass is 32.2. The van der Waals surface area contributed by atoms with Crippen LogP contribution in [0.25, 0.3) is 0 Å². The summed E-state index contributed by atoms with van der Waals surface area (Å²) in [6.45, 7) is 0.110. The van der Waals surface area contributed by atoms with Crippen LogP contribution in [0.15, 0.2) is 77.7 Å². The van der Waals surface area contributed by atoms with Crippen molar-refractivity contribution in [3.8, 4) is 11.5 Å². The first-order chi connectivity index (χ1) is 15.2. The Bertz CT molecular complexity index is 1140. The lowest BCUT2D eigenvalue weighted by Gasteiger charge is -2.22. The van der Waals surface area contributed by atoms with Crippen LogP contribution in [0, 0.1) is 0 Å². The second-order valence-electron chi connectivity index (χ2n) is 7.29. The summed E-state index contributed by atoms with van der Waals surface area (Å²) in [5, 5.41) is 2.86. The van der Waals surface area contributed by atoms with Crippen molar-refractivity contribution < 1.29 is 19.1 Å². The van der Waals surface area contributed by atoms with Gasteiger partial charge in [-0.25, -0.2) is 0 Å². The first-order valence-electron chi connectivity index (χ1n) is 9.98. The lowest BCUT2D eigenvalue weighted by molar-refractivity contribution is -0.121. The molecule has 1 atom stereocenters. The number of hydrogen-bond donors (Lipinski definition) is 1. The third-order valence-corrected chi connectivity index (χ3v) is 6.54. The quantitative estimate of drug-likeness (QED) is 0.651. The molecule has 3 aromatic rings. The van der Waals surface area contributed by atoms with E-state index in [1.165, 1.54) is 0 Å². The molecule has 2 aliphatic heterocycles. The van der Waals surface area contributed by atoms with Crippen LogP contribution in [-0.2, 0) is 9.59 Å². The van der Waals surface area contributed by atoms with Gasteiger partial charge in [-0.3, -0.25) is 9.59 Å². The lowest BCUT2D eigenvalue weighted by atomic mass is 10.1. The highest BCUT2D eigenvalue weighted by Crippen LogP contribution is 2.45. The first-order valence-corrected chi connectivity index (χ1v) is 10.9. The van der Waals surface area contributed by atoms with Crippen molar-refractivity contribution in [1.29, 1.82) is 0 Å². The summed E-state index contributed by atoms with van der Waals surface area (Å²) in [7, 11) is 0. The predicted octanol–water partition coefficient (Wildman–Crippen LogP) is 4.62. The second kappa shape index (κ2) is 8.35. The molecule has 3 aromatic carbocycles. The standard InChI is InChI=1S/C24H20N2O4S/c27-23(25-17-10-11-19-20(12-17)30-15-29-19)14-26-18-8-4-5-9-21(18)31-22(13-24(26)28)16-6-2-1-3-7-16/h1-12,22H,13-15H2,(H,25,27)/t22-/m1/s1. The number of hydrogen-bond acceptors (Lipinski definition) is 5. The molecule has 31 heavy (non-hydrogen) atoms. The van der Waals surface area contributed by atoms with Crippen molar-refractivity contribution in [2.45, 2.75) is 16.6 Å². The zero-order valence-corrected chi connectivity index (χ0v) is 17.4. The number of fused-ring (bicyclic) bond motifs is 2. The molecule has 0 aromatic heterocycles. The molecule has 2 amide bonds. The normalized spacial score (nSPS) is 17.1. The number of nitrogens with zero attached hydrogens (tertiary/aromatic N) is 1. The molecule has 0 spiro atoms. The fourth-order valence-corrected chi connectivity index (χ4v) is 5.00. The Hall–Kier alpha value is -3.45. The summed E-state index contributed by atoms with van der Waals surface area (Å²) in [5.41, 5.74) is 2.46. The van der Waals surface area contributed by atoms with Crippen LogP contribution in [0.4, 0.5) is 11.4 Å². The van der Waals surface area contributed by atoms with Crippen LogP contribution in [0.1, 0.15) is 17.2 Å². The van der Waals surface area contributed by atoms with E-state index in [-0.39, 0.29) is 30.4 Å². The number of nitrogens with one attached hydrogen (secondary N) is 1. The minimum Gasteiger partial charge on any atom is -0.454 e. The van der Waals surface area contributed by atoms with Gasteiger partial charge in [0.1, 0.15) is 6.54 Å². The maximum absolute atomic E-state index is 13.2. The number of para-hydroxylation sites is 1. The fourth-order valence-electron chi connectivity index (χ4n) is 3.72. The Kier molecular flexibility index (Phi) is 5.26. The number of benzene rings is 3. The summed E-state index contributed by atoms with van der Waals surface area (Å²) >= 11 is 1.66. The van der Waals surface area contributed by atoms with Gasteiger partial charge in [0.15, 0.2) is 11.5 Å². The summed E-state index contributed by atoms with van der Waals surface area (Å²) < 4.78 is 10.7. The number of carbonyl (C=O) groups is 2. The molecular formula is C24H20N2O4S. The molecule has 0 fully saturated rings. The Morgan fingerprint density at radius 2 is 1.77 bits per heavy atom. The smallest absolute Gasteiger partial charge is 0.244 e. The summed E-state index contributed by atoms with van der Waals surface area (Å²) in [5.74, 6) is 0.895. The van der Waals surface area contributed by atoms with Gasteiger partial charge in [-0.15, -0.1) is 11.8 Å². The Labute approximate surface area is 184 Å². The minimum absolute atomic E-state index is 0.00299. The molecule has 0 saturated heterocycles. The molecule has 6 nitrogen and oxygen atoms in total. The van der Waals surface area contributed by atoms with Gasteiger partial charge >= 0.3 is 0 Å². The Morgan fingerprint density at radius 1 is 1.00 bits per heavy atom. The molecule has 0 unspecified atom stereocenters. The van der Waals surface area contributed by atoms with Crippen molar-refractivity contribution in [1.82, 2.24) is 0 Å². The highest BCUT2D eigenvalue weighted by Gasteiger charge is 2.30. The molecule has 0 aliphatic carbocycles. The molecule has 1 N–H and O–H groups in total. The van der Waals surface area contributed by atoms with Gasteiger partial charge in [0.05, 0.1) is 5.69 Å². The van der Waals surface area contributed by atoms with Gasteiger partial charge in [-0.2, -0.15) is 0 Å². The number of amides is 2. The van der Waals surface area contributed by atoms with E-state index in [9.17, 15) is 9.59 Å². The summed E-state index contributed by atoms with van der Waals surface area (Å²) in [6.07, 6.45) is 0.320. The van der Waals surface area contributed by atoms with Gasteiger partial charge in [0, 0.05) is 28.3 Å². The van der Waals surface area contributed by atoms with E-state index in [2.05, 4.69) is 5.32 Å². The average molecular weight is 433 g/mol. The van der Waals surface area contributed by atoms with E-state index in [1.807, 2.05) is 54.6 Å². The van der Waals surface area contributed by atoms with Crippen molar-refractivity contribution in [2.75, 3.05) is 23.6 Å². The van der Waals surface area contributed by atoms with Crippen LogP contribution >= 0.6 is 11.8 Å². The third-order valence-electron chi connectivity index (χ3n) is 5.22. The maximum atomic E-state index is 13.2. The molecule has 7 heteroatoms. The van der Waals surface area contributed by atoms with E-state index < -0.39 is 0 Å². The van der Waals surface area contributed by atoms with Crippen molar-refractivity contribution in [2.24, 2.45) is 0 Å². The number of ether oxygens (including phenoxy) is 2. The lowest BCUT2D eigenvalue weighted by Crippen LogP contribution is -2.38. The van der Waals surface area contributed by atoms with Crippen LogP contribution in [0.3, 0.4) is 0 Å². The van der Waals surface area contributed by atoms with Crippen molar-refractivity contribution in [3.63, 3.8) is 0 Å². The van der Waals surface area contributed by atoms with Gasteiger partial charge in [-0.1, -0.05) is 42.5 Å². The van der Waals surface area contributed by atoms with E-state index in [1.54, 1.807) is 34.9 Å². The molecule has 156 valence electrons. The molecule has 0 radical (unpaired) electrons. The summed E-state index contributed by atoms with van der Waals surface area (Å²) in [6, 6.07) is 23.0. The molecule has 2 heterocycles. The average Bonchev–Trinajstić information content (AvgIpc) is 3.20. The van der Waals surface area contributed by atoms with Crippen LogP contribution in [0.2, 0.25) is 0 Å². The van der Waals surface area contributed by atoms with Gasteiger partial charge in [0.2, 0.25) is 18.6 Å². The van der Waals surface area contributed by atoms with E-state index in [0.717, 1.165) is 16.1 Å². The van der Waals surface area contributed by atoms with Gasteiger partial charge in [0.25, 0.3) is 0 Å². The number of anilines is 2. The first kappa shape index (κ1) is 19.5. The van der Waals surface area contributed by atoms with E-state index >= 15 is 0 Å².